The zero-order valence-corrected chi connectivity index (χ0v) is 14.1. The lowest BCUT2D eigenvalue weighted by molar-refractivity contribution is -0.130. The van der Waals surface area contributed by atoms with Crippen LogP contribution in [0.25, 0.3) is 0 Å². The third-order valence-corrected chi connectivity index (χ3v) is 4.62. The van der Waals surface area contributed by atoms with E-state index in [9.17, 15) is 22.4 Å². The number of benzene rings is 1. The van der Waals surface area contributed by atoms with Crippen LogP contribution >= 0.6 is 11.8 Å². The number of aliphatic hydroxyl groups excluding tert-OH is 1. The lowest BCUT2D eigenvalue weighted by atomic mass is 9.93. The van der Waals surface area contributed by atoms with E-state index in [4.69, 9.17) is 5.11 Å². The summed E-state index contributed by atoms with van der Waals surface area (Å²) in [4.78, 5) is 11.4. The summed E-state index contributed by atoms with van der Waals surface area (Å²) in [6.07, 6.45) is 0. The molecule has 0 aliphatic heterocycles. The van der Waals surface area contributed by atoms with Gasteiger partial charge in [0.15, 0.2) is 23.3 Å². The molecular weight excluding hydrogens is 334 g/mol. The van der Waals surface area contributed by atoms with Crippen molar-refractivity contribution in [1.82, 2.24) is 5.32 Å². The minimum atomic E-state index is -1.49. The molecule has 1 amide bonds. The van der Waals surface area contributed by atoms with E-state index in [1.54, 1.807) is 13.8 Å². The highest BCUT2D eigenvalue weighted by Crippen LogP contribution is 2.33. The molecule has 3 nitrogen and oxygen atoms in total. The molecule has 0 saturated carbocycles. The third kappa shape index (κ3) is 4.84. The number of amides is 1. The molecule has 0 aliphatic carbocycles. The second kappa shape index (κ2) is 7.09. The quantitative estimate of drug-likeness (QED) is 0.469. The summed E-state index contributed by atoms with van der Waals surface area (Å²) >= 11 is 0.518. The number of carbonyl (C=O) groups excluding carboxylic acids is 1. The topological polar surface area (TPSA) is 49.3 Å². The lowest BCUT2D eigenvalue weighted by Crippen LogP contribution is -2.51. The molecule has 1 aromatic carbocycles. The summed E-state index contributed by atoms with van der Waals surface area (Å²) in [5, 5.41) is 11.7. The standard InChI is InChI=1S/C15H19F4NO2S/c1-14(2,13(22)20-15(3,4)6-21)7-23-12-10(18)8(16)5-9(17)11(12)19/h5,21H,6-7H2,1-4H3,(H,20,22). The molecule has 130 valence electrons. The van der Waals surface area contributed by atoms with Gasteiger partial charge in [-0.2, -0.15) is 0 Å². The maximum absolute atomic E-state index is 13.6. The number of thioether (sulfide) groups is 1. The Kier molecular flexibility index (Phi) is 6.09. The van der Waals surface area contributed by atoms with E-state index in [-0.39, 0.29) is 18.4 Å². The van der Waals surface area contributed by atoms with E-state index in [0.29, 0.717) is 11.8 Å². The Balaban J connectivity index is 2.91. The van der Waals surface area contributed by atoms with E-state index < -0.39 is 45.0 Å². The van der Waals surface area contributed by atoms with Gasteiger partial charge in [0.05, 0.1) is 22.5 Å². The first-order valence-corrected chi connectivity index (χ1v) is 7.79. The van der Waals surface area contributed by atoms with E-state index >= 15 is 0 Å². The van der Waals surface area contributed by atoms with Gasteiger partial charge in [0, 0.05) is 11.8 Å². The summed E-state index contributed by atoms with van der Waals surface area (Å²) in [7, 11) is 0. The molecular formula is C15H19F4NO2S. The number of aliphatic hydroxyl groups is 1. The van der Waals surface area contributed by atoms with E-state index in [1.165, 1.54) is 13.8 Å². The Morgan fingerprint density at radius 1 is 1.13 bits per heavy atom. The van der Waals surface area contributed by atoms with Gasteiger partial charge in [-0.3, -0.25) is 4.79 Å². The first-order chi connectivity index (χ1) is 10.4. The predicted octanol–water partition coefficient (Wildman–Crippen LogP) is 3.25. The van der Waals surface area contributed by atoms with Gasteiger partial charge in [-0.15, -0.1) is 11.8 Å². The van der Waals surface area contributed by atoms with Crippen molar-refractivity contribution >= 4 is 17.7 Å². The number of hydrogen-bond donors (Lipinski definition) is 2. The summed E-state index contributed by atoms with van der Waals surface area (Å²) in [6, 6.07) is 0.135. The van der Waals surface area contributed by atoms with E-state index in [2.05, 4.69) is 5.32 Å². The van der Waals surface area contributed by atoms with Crippen LogP contribution in [0.5, 0.6) is 0 Å². The van der Waals surface area contributed by atoms with Crippen molar-refractivity contribution in [2.45, 2.75) is 38.1 Å². The minimum Gasteiger partial charge on any atom is -0.394 e. The van der Waals surface area contributed by atoms with Gasteiger partial charge < -0.3 is 10.4 Å². The highest BCUT2D eigenvalue weighted by atomic mass is 32.2. The number of halogens is 4. The smallest absolute Gasteiger partial charge is 0.226 e. The summed E-state index contributed by atoms with van der Waals surface area (Å²) in [5.41, 5.74) is -1.95. The monoisotopic (exact) mass is 353 g/mol. The zero-order chi connectivity index (χ0) is 18.0. The average Bonchev–Trinajstić information content (AvgIpc) is 2.44. The van der Waals surface area contributed by atoms with Gasteiger partial charge in [0.25, 0.3) is 0 Å². The highest BCUT2D eigenvalue weighted by molar-refractivity contribution is 7.99. The summed E-state index contributed by atoms with van der Waals surface area (Å²) in [6.45, 7) is 5.97. The molecule has 0 atom stereocenters. The normalized spacial score (nSPS) is 12.4. The predicted molar refractivity (Wildman–Crippen MR) is 80.1 cm³/mol. The highest BCUT2D eigenvalue weighted by Gasteiger charge is 2.33. The molecule has 2 N–H and O–H groups in total. The van der Waals surface area contributed by atoms with Crippen LogP contribution < -0.4 is 5.32 Å². The molecule has 8 heteroatoms. The van der Waals surface area contributed by atoms with Crippen LogP contribution in [0.3, 0.4) is 0 Å². The van der Waals surface area contributed by atoms with Gasteiger partial charge in [0.2, 0.25) is 5.91 Å². The van der Waals surface area contributed by atoms with Gasteiger partial charge >= 0.3 is 0 Å². The number of nitrogens with one attached hydrogen (secondary N) is 1. The Morgan fingerprint density at radius 2 is 1.61 bits per heavy atom. The summed E-state index contributed by atoms with van der Waals surface area (Å²) in [5.74, 6) is -6.52. The molecule has 0 saturated heterocycles. The third-order valence-electron chi connectivity index (χ3n) is 3.11. The molecule has 1 aromatic rings. The molecule has 0 unspecified atom stereocenters. The molecule has 0 spiro atoms. The molecule has 0 aliphatic rings. The van der Waals surface area contributed by atoms with Crippen LogP contribution in [0.15, 0.2) is 11.0 Å². The van der Waals surface area contributed by atoms with Crippen molar-refractivity contribution in [1.29, 1.82) is 0 Å². The van der Waals surface area contributed by atoms with Crippen LogP contribution in [0.2, 0.25) is 0 Å². The van der Waals surface area contributed by atoms with E-state index in [0.717, 1.165) is 0 Å². The Morgan fingerprint density at radius 3 is 2.04 bits per heavy atom. The number of hydrogen-bond acceptors (Lipinski definition) is 3. The van der Waals surface area contributed by atoms with Gasteiger partial charge in [-0.1, -0.05) is 13.8 Å². The van der Waals surface area contributed by atoms with Crippen LogP contribution in [-0.4, -0.2) is 28.9 Å². The van der Waals surface area contributed by atoms with Crippen molar-refractivity contribution < 1.29 is 27.5 Å². The number of carbonyl (C=O) groups is 1. The first-order valence-electron chi connectivity index (χ1n) is 6.80. The first kappa shape index (κ1) is 19.8. The number of rotatable bonds is 6. The second-order valence-corrected chi connectivity index (χ2v) is 7.45. The van der Waals surface area contributed by atoms with Crippen molar-refractivity contribution in [3.05, 3.63) is 29.3 Å². The van der Waals surface area contributed by atoms with E-state index in [1.807, 2.05) is 0 Å². The molecule has 0 aromatic heterocycles. The van der Waals surface area contributed by atoms with Crippen molar-refractivity contribution in [2.24, 2.45) is 5.41 Å². The van der Waals surface area contributed by atoms with Crippen LogP contribution in [-0.2, 0) is 4.79 Å². The SMILES string of the molecule is CC(C)(CO)NC(=O)C(C)(C)CSc1c(F)c(F)cc(F)c1F. The molecule has 0 bridgehead atoms. The fourth-order valence-corrected chi connectivity index (χ4v) is 2.60. The molecule has 0 radical (unpaired) electrons. The fourth-order valence-electron chi connectivity index (χ4n) is 1.51. The van der Waals surface area contributed by atoms with Gasteiger partial charge in [-0.25, -0.2) is 17.6 Å². The van der Waals surface area contributed by atoms with Crippen LogP contribution in [0, 0.1) is 28.7 Å². The second-order valence-electron chi connectivity index (χ2n) is 6.47. The van der Waals surface area contributed by atoms with Gasteiger partial charge in [-0.05, 0) is 13.8 Å². The van der Waals surface area contributed by atoms with Crippen LogP contribution in [0.4, 0.5) is 17.6 Å². The maximum atomic E-state index is 13.6. The van der Waals surface area contributed by atoms with Crippen molar-refractivity contribution in [2.75, 3.05) is 12.4 Å². The van der Waals surface area contributed by atoms with Gasteiger partial charge in [0.1, 0.15) is 0 Å². The van der Waals surface area contributed by atoms with Crippen molar-refractivity contribution in [3.63, 3.8) is 0 Å². The maximum Gasteiger partial charge on any atom is 0.226 e. The van der Waals surface area contributed by atoms with Crippen molar-refractivity contribution in [3.8, 4) is 0 Å². The Bertz CT molecular complexity index is 579. The lowest BCUT2D eigenvalue weighted by Gasteiger charge is -2.30. The molecule has 1 rings (SSSR count). The Labute approximate surface area is 136 Å². The fraction of sp³-hybridized carbons (Fsp3) is 0.533. The molecule has 0 heterocycles. The largest absolute Gasteiger partial charge is 0.394 e. The van der Waals surface area contributed by atoms with Crippen LogP contribution in [0.1, 0.15) is 27.7 Å². The average molecular weight is 353 g/mol. The summed E-state index contributed by atoms with van der Waals surface area (Å²) < 4.78 is 53.5. The minimum absolute atomic E-state index is 0.114. The molecule has 23 heavy (non-hydrogen) atoms. The zero-order valence-electron chi connectivity index (χ0n) is 13.3. The Hall–Kier alpha value is -1.28. The molecule has 0 fully saturated rings.